The van der Waals surface area contributed by atoms with Crippen LogP contribution >= 0.6 is 34.8 Å². The Bertz CT molecular complexity index is 7070. The first-order chi connectivity index (χ1) is 69.3. The maximum Gasteiger partial charge on any atom is 0.416 e. The van der Waals surface area contributed by atoms with Crippen molar-refractivity contribution in [1.29, 1.82) is 0 Å². The van der Waals surface area contributed by atoms with E-state index in [0.29, 0.717) is 15.7 Å². The number of para-hydroxylation sites is 1. The van der Waals surface area contributed by atoms with Crippen molar-refractivity contribution in [3.8, 4) is 11.5 Å². The maximum atomic E-state index is 12.7. The molecule has 9 aromatic heterocycles. The van der Waals surface area contributed by atoms with Gasteiger partial charge in [-0.2, -0.15) is 59.1 Å². The first-order valence-electron chi connectivity index (χ1n) is 45.2. The van der Waals surface area contributed by atoms with Crippen LogP contribution in [0.2, 0.25) is 15.1 Å². The van der Waals surface area contributed by atoms with Crippen LogP contribution in [-0.2, 0) is 17.3 Å². The van der Waals surface area contributed by atoms with Crippen LogP contribution in [0.25, 0.3) is 120 Å². The number of benzene rings is 10. The van der Waals surface area contributed by atoms with Crippen molar-refractivity contribution in [1.82, 2.24) is 91.8 Å². The normalized spacial score (nSPS) is 11.7. The van der Waals surface area contributed by atoms with Crippen LogP contribution in [0.5, 0.6) is 11.5 Å². The summed E-state index contributed by atoms with van der Waals surface area (Å²) in [6.45, 7) is 7.64. The molecule has 0 spiro atoms. The number of halogens is 6. The fourth-order valence-electron chi connectivity index (χ4n) is 13.3. The van der Waals surface area contributed by atoms with Crippen LogP contribution in [0, 0.1) is 6.92 Å². The molecule has 0 radical (unpaired) electrons. The number of aromatic nitrogens is 18. The van der Waals surface area contributed by atoms with Crippen molar-refractivity contribution in [3.63, 3.8) is 0 Å². The number of H-pyrrole nitrogens is 9. The number of anilines is 1. The fourth-order valence-corrected chi connectivity index (χ4v) is 14.1. The molecule has 0 fully saturated rings. The minimum Gasteiger partial charge on any atom is -0.497 e. The zero-order valence-corrected chi connectivity index (χ0v) is 81.1. The third-order valence-corrected chi connectivity index (χ3v) is 21.8. The number of nitrogens with zero attached hydrogens (tertiary/aromatic N) is 10. The Kier molecular flexibility index (Phi) is 41.5. The van der Waals surface area contributed by atoms with Crippen LogP contribution in [0.3, 0.4) is 0 Å². The lowest BCUT2D eigenvalue weighted by atomic mass is 10.1. The van der Waals surface area contributed by atoms with Gasteiger partial charge in [-0.3, -0.25) is 45.9 Å². The Labute approximate surface area is 838 Å². The summed E-state index contributed by atoms with van der Waals surface area (Å²) in [5, 5.41) is 65.0. The fraction of sp³-hybridized carbons (Fsp3) is 0.0965. The second-order valence-corrected chi connectivity index (χ2v) is 32.5. The minimum atomic E-state index is -4.34. The summed E-state index contributed by atoms with van der Waals surface area (Å²) >= 11 is 18.1. The summed E-state index contributed by atoms with van der Waals surface area (Å²) in [4.78, 5) is 2.09. The third-order valence-electron chi connectivity index (χ3n) is 20.8. The Balaban J connectivity index is 0.000000143. The van der Waals surface area contributed by atoms with Gasteiger partial charge in [-0.15, -0.1) is 0 Å². The highest BCUT2D eigenvalue weighted by Crippen LogP contribution is 2.34. The molecule has 1 aliphatic heterocycles. The zero-order valence-electron chi connectivity index (χ0n) is 78.8. The van der Waals surface area contributed by atoms with E-state index in [1.54, 1.807) is 87.0 Å². The molecule has 28 heteroatoms. The average Bonchev–Trinajstić information content (AvgIpc) is 1.86. The van der Waals surface area contributed by atoms with Crippen molar-refractivity contribution >= 4 is 161 Å². The molecule has 22 nitrogen and oxygen atoms in total. The number of alkyl halides is 3. The standard InChI is InChI=1S/C15H18N2O.C15H12N2.C13H15N3.C13H12N2O.C12H11ClN2.C12H9F3N2.C12H12N2O.C11H8Cl2N2.C11H10N2/c1-3-18-12(2)14-7-4-13(5-8-14)6-9-15-10-11-16-17-15;1-2-4-14-11-12(5-7-13(14)3-1)6-8-15-9-10-16-17-15;1-16(2)13-7-4-11(5-8-13)3-6-12-9-10-14-15-12;1-2-10(4-5-12-6-8-14-15-12)13-11(3-1)7-9-16-13;1-9-2-3-10(12(13)8-9)4-5-11-6-7-14-15-11;13-12(14,15)11-4-2-1-3-9(11)5-6-10-7-8-16-17-10;1-15-12-6-3-10(4-7-12)2-5-11-8-9-13-14-11;12-10-2-1-3-11(13)9(10)5-4-8-6-7-14-15-8;1-2-4-10(5-3-1)6-7-11-8-9-12-13-11/h4-12H,3H2,1-2H3,(H,16,17);1-11H,(H,16,17);3-10H,1-2H3,(H,14,15);1-6,8H,7,9H2,(H,14,15);2-8H,1H3,(H,14,15);1-8H,(H,16,17);2-9H,1H3,(H,13,14);1-7H,(H,14,15);1-9H,(H,12,13)/b9-6+;8-6+;6-3+;2*5-4+;6-5+;5-2+;5-4+;7-6+. The molecule has 0 bridgehead atoms. The molecule has 0 amide bonds. The number of ether oxygens (including phenoxy) is 3. The molecule has 142 heavy (non-hydrogen) atoms. The SMILES string of the molecule is C(=C\c1cccc2c1OCC2)/c1ccn[nH]1.C(=C\c1ccn[nH]1)/c1ccc2ccccc2c1.C(=C\c1ccn[nH]1)/c1ccccc1.CCOC(C)c1ccc(/C=C/c2ccn[nH]2)cc1.CN(C)c1ccc(/C=C/c2ccn[nH]2)cc1.COc1ccc(/C=C/c2ccn[nH]2)cc1.Cc1ccc(/C=C/c2ccn[nH]2)c(Cl)c1.Clc1cccc(Cl)c1/C=C/c1ccn[nH]1.FC(F)(F)c1ccccc1/C=C/c1ccn[nH]1. The molecule has 19 aromatic rings. The van der Waals surface area contributed by atoms with E-state index in [-0.39, 0.29) is 11.7 Å². The second-order valence-electron chi connectivity index (χ2n) is 31.3. The molecule has 10 heterocycles. The number of fused-ring (bicyclic) bond motifs is 2. The predicted molar refractivity (Wildman–Crippen MR) is 578 cm³/mol. The summed E-state index contributed by atoms with van der Waals surface area (Å²) in [6.07, 6.45) is 47.2. The number of aromatic amines is 9. The van der Waals surface area contributed by atoms with Gasteiger partial charge < -0.3 is 19.1 Å². The van der Waals surface area contributed by atoms with E-state index in [1.165, 1.54) is 74.2 Å². The van der Waals surface area contributed by atoms with Crippen molar-refractivity contribution in [2.24, 2.45) is 0 Å². The number of nitrogens with one attached hydrogen (secondary N) is 9. The van der Waals surface area contributed by atoms with Crippen molar-refractivity contribution in [2.75, 3.05) is 39.3 Å². The number of hydrogen-bond donors (Lipinski definition) is 9. The lowest BCUT2D eigenvalue weighted by molar-refractivity contribution is -0.137. The molecule has 1 unspecified atom stereocenters. The summed E-state index contributed by atoms with van der Waals surface area (Å²) in [5.74, 6) is 1.90. The van der Waals surface area contributed by atoms with Crippen LogP contribution in [0.1, 0.15) is 144 Å². The van der Waals surface area contributed by atoms with Crippen LogP contribution in [0.4, 0.5) is 18.9 Å². The lowest BCUT2D eigenvalue weighted by Gasteiger charge is -2.11. The average molecular weight is 1950 g/mol. The highest BCUT2D eigenvalue weighted by molar-refractivity contribution is 6.37. The Morgan fingerprint density at radius 1 is 0.359 bits per heavy atom. The summed E-state index contributed by atoms with van der Waals surface area (Å²) in [7, 11) is 5.74. The summed E-state index contributed by atoms with van der Waals surface area (Å²) in [6, 6.07) is 89.8. The lowest BCUT2D eigenvalue weighted by Crippen LogP contribution is -2.07. The Morgan fingerprint density at radius 2 is 0.732 bits per heavy atom. The number of rotatable bonds is 23. The summed E-state index contributed by atoms with van der Waals surface area (Å²) in [5.41, 5.74) is 21.7. The molecule has 20 rings (SSSR count). The van der Waals surface area contributed by atoms with Crippen molar-refractivity contribution in [2.45, 2.75) is 39.5 Å². The van der Waals surface area contributed by atoms with E-state index in [1.807, 2.05) is 216 Å². The highest BCUT2D eigenvalue weighted by Gasteiger charge is 2.32. The Morgan fingerprint density at radius 3 is 1.16 bits per heavy atom. The van der Waals surface area contributed by atoms with Gasteiger partial charge in [0.2, 0.25) is 0 Å². The third kappa shape index (κ3) is 35.9. The van der Waals surface area contributed by atoms with Gasteiger partial charge in [-0.1, -0.05) is 247 Å². The van der Waals surface area contributed by atoms with Gasteiger partial charge in [0.25, 0.3) is 0 Å². The molecule has 1 aliphatic rings. The van der Waals surface area contributed by atoms with Gasteiger partial charge in [-0.05, 0) is 263 Å². The van der Waals surface area contributed by atoms with E-state index in [0.717, 1.165) is 116 Å². The smallest absolute Gasteiger partial charge is 0.416 e. The molecule has 10 aromatic carbocycles. The van der Waals surface area contributed by atoms with Gasteiger partial charge >= 0.3 is 6.18 Å². The van der Waals surface area contributed by atoms with Crippen LogP contribution in [0.15, 0.2) is 335 Å². The van der Waals surface area contributed by atoms with E-state index in [2.05, 4.69) is 249 Å². The molecule has 0 aliphatic carbocycles. The monoisotopic (exact) mass is 1950 g/mol. The maximum absolute atomic E-state index is 12.7. The summed E-state index contributed by atoms with van der Waals surface area (Å²) < 4.78 is 54.2. The highest BCUT2D eigenvalue weighted by atomic mass is 35.5. The molecular formula is C114H107Cl3F3N19O3. The van der Waals surface area contributed by atoms with Crippen molar-refractivity contribution in [3.05, 3.63) is 473 Å². The number of methoxy groups -OCH3 is 1. The molecule has 0 saturated carbocycles. The van der Waals surface area contributed by atoms with Gasteiger partial charge in [0.05, 0.1) is 76.6 Å². The number of hydrogen-bond acceptors (Lipinski definition) is 13. The molecule has 0 saturated heterocycles. The van der Waals surface area contributed by atoms with E-state index in [9.17, 15) is 13.2 Å². The quantitative estimate of drug-likeness (QED) is 0.0288. The van der Waals surface area contributed by atoms with Gasteiger partial charge in [-0.25, -0.2) is 0 Å². The van der Waals surface area contributed by atoms with Gasteiger partial charge in [0, 0.05) is 115 Å². The minimum absolute atomic E-state index is 0.134. The molecular weight excluding hydrogens is 1850 g/mol. The Hall–Kier alpha value is -17.0. The van der Waals surface area contributed by atoms with Crippen LogP contribution < -0.4 is 14.4 Å². The van der Waals surface area contributed by atoms with E-state index < -0.39 is 11.7 Å². The first kappa shape index (κ1) is 104. The molecule has 9 N–H and O–H groups in total. The topological polar surface area (TPSA) is 289 Å². The largest absolute Gasteiger partial charge is 0.497 e. The molecule has 1 atom stereocenters. The second kappa shape index (κ2) is 56.7. The zero-order chi connectivity index (χ0) is 99.6. The van der Waals surface area contributed by atoms with E-state index in [4.69, 9.17) is 49.0 Å². The number of aryl methyl sites for hydroxylation is 1. The van der Waals surface area contributed by atoms with Crippen molar-refractivity contribution < 1.29 is 27.4 Å². The predicted octanol–water partition coefficient (Wildman–Crippen LogP) is 28.8. The van der Waals surface area contributed by atoms with Gasteiger partial charge in [0.15, 0.2) is 0 Å². The van der Waals surface area contributed by atoms with Crippen LogP contribution in [-0.4, -0.2) is 126 Å². The van der Waals surface area contributed by atoms with E-state index >= 15 is 0 Å². The first-order valence-corrected chi connectivity index (χ1v) is 46.3. The molecule has 718 valence electrons. The van der Waals surface area contributed by atoms with Gasteiger partial charge in [0.1, 0.15) is 11.5 Å².